The second kappa shape index (κ2) is 17.7. The SMILES string of the molecule is [2H]c1c([2H])c([2H])c(-c2c([2H])c([2H])c(-c3c([2H])c([2H])c(N(c4ccc(-c5cccc(-c6ccc7ccccc7c6)c5)cc4)c4c([2H])c([2H])c(-c5cc(-c6ccccc6)cc(-c6ccccc6)c5)c([2H])c4[2H])c([2H])c3[2H])c([2H])c2[2H])c([2H])c1[2H]. The monoisotopic (exact) mass is 844 g/mol. The molecule has 11 rings (SSSR count). The predicted octanol–water partition coefficient (Wildman–Crippen LogP) is 18.0. The lowest BCUT2D eigenvalue weighted by molar-refractivity contribution is 1.28. The van der Waals surface area contributed by atoms with Crippen molar-refractivity contribution in [2.45, 2.75) is 0 Å². The molecule has 0 amide bonds. The van der Waals surface area contributed by atoms with Crippen molar-refractivity contribution < 1.29 is 23.3 Å². The number of benzene rings is 11. The normalized spacial score (nSPS) is 14.7. The van der Waals surface area contributed by atoms with E-state index in [0.29, 0.717) is 5.56 Å². The summed E-state index contributed by atoms with van der Waals surface area (Å²) in [6.45, 7) is 0. The Bertz CT molecular complexity index is 4240. The molecule has 11 aromatic rings. The van der Waals surface area contributed by atoms with Gasteiger partial charge in [0.05, 0.1) is 23.3 Å². The van der Waals surface area contributed by atoms with E-state index in [-0.39, 0.29) is 11.3 Å². The number of rotatable bonds is 10. The first-order chi connectivity index (χ1) is 39.3. The lowest BCUT2D eigenvalue weighted by atomic mass is 9.93. The lowest BCUT2D eigenvalue weighted by Crippen LogP contribution is -2.09. The van der Waals surface area contributed by atoms with Crippen LogP contribution in [-0.2, 0) is 0 Å². The van der Waals surface area contributed by atoms with Gasteiger partial charge in [0, 0.05) is 17.1 Å². The molecule has 0 spiro atoms. The van der Waals surface area contributed by atoms with Crippen molar-refractivity contribution in [1.29, 1.82) is 0 Å². The Morgan fingerprint density at radius 3 is 1.14 bits per heavy atom. The second-order valence-electron chi connectivity index (χ2n) is 15.3. The van der Waals surface area contributed by atoms with Gasteiger partial charge in [-0.15, -0.1) is 0 Å². The maximum atomic E-state index is 9.81. The number of fused-ring (bicyclic) bond motifs is 1. The van der Waals surface area contributed by atoms with E-state index in [2.05, 4.69) is 12.1 Å². The molecule has 306 valence electrons. The van der Waals surface area contributed by atoms with Gasteiger partial charge in [-0.1, -0.05) is 206 Å². The molecule has 65 heavy (non-hydrogen) atoms. The molecule has 0 aliphatic carbocycles. The Kier molecular flexibility index (Phi) is 6.79. The minimum Gasteiger partial charge on any atom is -0.311 e. The van der Waals surface area contributed by atoms with E-state index in [1.165, 1.54) is 0 Å². The van der Waals surface area contributed by atoms with Gasteiger partial charge >= 0.3 is 0 Å². The molecule has 0 bridgehead atoms. The smallest absolute Gasteiger partial charge is 0.0645 e. The quantitative estimate of drug-likeness (QED) is 0.133. The van der Waals surface area contributed by atoms with E-state index in [1.54, 1.807) is 36.4 Å². The topological polar surface area (TPSA) is 3.24 Å². The maximum absolute atomic E-state index is 9.81. The van der Waals surface area contributed by atoms with Crippen molar-refractivity contribution in [3.63, 3.8) is 0 Å². The average Bonchev–Trinajstić information content (AvgIpc) is 3.70. The molecule has 0 aromatic heterocycles. The van der Waals surface area contributed by atoms with Crippen LogP contribution < -0.4 is 4.90 Å². The van der Waals surface area contributed by atoms with Gasteiger partial charge in [-0.25, -0.2) is 0 Å². The standard InChI is InChI=1S/C64H45N/c1-4-13-46(14-5-1)50-23-25-51(26-24-50)52-29-35-62(36-30-52)65(63-37-31-53(32-38-63)56-21-12-22-57(41-56)58-28-27-49-19-10-11-20-55(49)42-58)64-39-33-54(34-40-64)61-44-59(47-15-6-2-7-16-47)43-60(45-61)48-17-8-3-9-18-48/h1-45H/i1D,4D,5D,13D,14D,23D,24D,25D,26D,29D,30D,33D,34D,35D,36D,39D,40D. The molecule has 0 radical (unpaired) electrons. The Labute approximate surface area is 405 Å². The summed E-state index contributed by atoms with van der Waals surface area (Å²) >= 11 is 0. The van der Waals surface area contributed by atoms with E-state index in [0.717, 1.165) is 60.2 Å². The van der Waals surface area contributed by atoms with Crippen LogP contribution in [0.25, 0.3) is 88.7 Å². The van der Waals surface area contributed by atoms with Crippen LogP contribution in [0.1, 0.15) is 23.3 Å². The number of hydrogen-bond donors (Lipinski definition) is 0. The molecule has 1 heteroatoms. The molecule has 1 nitrogen and oxygen atoms in total. The third kappa shape index (κ3) is 8.40. The van der Waals surface area contributed by atoms with Crippen LogP contribution in [0.3, 0.4) is 0 Å². The summed E-state index contributed by atoms with van der Waals surface area (Å²) in [5.41, 5.74) is 3.58. The van der Waals surface area contributed by atoms with Gasteiger partial charge in [0.25, 0.3) is 0 Å². The Morgan fingerprint density at radius 2 is 0.585 bits per heavy atom. The zero-order valence-corrected chi connectivity index (χ0v) is 34.6. The Balaban J connectivity index is 1.11. The van der Waals surface area contributed by atoms with Crippen molar-refractivity contribution in [2.24, 2.45) is 0 Å². The summed E-state index contributed by atoms with van der Waals surface area (Å²) in [6.07, 6.45) is 0. The fourth-order valence-electron chi connectivity index (χ4n) is 7.83. The van der Waals surface area contributed by atoms with Crippen LogP contribution >= 0.6 is 0 Å². The summed E-state index contributed by atoms with van der Waals surface area (Å²) in [5, 5.41) is 2.17. The molecule has 0 saturated heterocycles. The molecule has 0 heterocycles. The van der Waals surface area contributed by atoms with Crippen LogP contribution in [0.4, 0.5) is 17.1 Å². The van der Waals surface area contributed by atoms with Crippen LogP contribution in [0.5, 0.6) is 0 Å². The Morgan fingerprint density at radius 1 is 0.215 bits per heavy atom. The van der Waals surface area contributed by atoms with Crippen molar-refractivity contribution >= 4 is 27.8 Å². The van der Waals surface area contributed by atoms with Gasteiger partial charge in [-0.3, -0.25) is 0 Å². The average molecular weight is 845 g/mol. The molecular formula is C64H45N. The zero-order valence-electron chi connectivity index (χ0n) is 51.6. The van der Waals surface area contributed by atoms with Crippen molar-refractivity contribution in [1.82, 2.24) is 0 Å². The number of anilines is 3. The highest BCUT2D eigenvalue weighted by atomic mass is 15.1. The molecule has 0 aliphatic heterocycles. The summed E-state index contributed by atoms with van der Waals surface area (Å²) in [7, 11) is 0. The van der Waals surface area contributed by atoms with Gasteiger partial charge in [0.1, 0.15) is 0 Å². The van der Waals surface area contributed by atoms with Crippen LogP contribution in [0, 0.1) is 0 Å². The van der Waals surface area contributed by atoms with Crippen molar-refractivity contribution in [2.75, 3.05) is 4.90 Å². The van der Waals surface area contributed by atoms with E-state index in [9.17, 15) is 11.0 Å². The van der Waals surface area contributed by atoms with Gasteiger partial charge in [0.2, 0.25) is 0 Å². The number of nitrogens with zero attached hydrogens (tertiary/aromatic N) is 1. The van der Waals surface area contributed by atoms with Gasteiger partial charge in [-0.05, 0) is 155 Å². The van der Waals surface area contributed by atoms with Crippen LogP contribution in [0.15, 0.2) is 273 Å². The van der Waals surface area contributed by atoms with Crippen molar-refractivity contribution in [3.05, 3.63) is 273 Å². The predicted molar refractivity (Wildman–Crippen MR) is 277 cm³/mol. The van der Waals surface area contributed by atoms with E-state index in [4.69, 9.17) is 12.3 Å². The fourth-order valence-corrected chi connectivity index (χ4v) is 7.83. The van der Waals surface area contributed by atoms with Gasteiger partial charge < -0.3 is 4.90 Å². The first-order valence-corrected chi connectivity index (χ1v) is 20.9. The second-order valence-corrected chi connectivity index (χ2v) is 15.3. The van der Waals surface area contributed by atoms with Crippen LogP contribution in [0.2, 0.25) is 0 Å². The highest BCUT2D eigenvalue weighted by Crippen LogP contribution is 2.40. The largest absolute Gasteiger partial charge is 0.311 e. The molecule has 0 saturated carbocycles. The number of hydrogen-bond acceptors (Lipinski definition) is 1. The molecule has 0 unspecified atom stereocenters. The summed E-state index contributed by atoms with van der Waals surface area (Å²) < 4.78 is 155. The summed E-state index contributed by atoms with van der Waals surface area (Å²) in [5.74, 6) is 0. The minimum atomic E-state index is -0.879. The van der Waals surface area contributed by atoms with E-state index >= 15 is 0 Å². The summed E-state index contributed by atoms with van der Waals surface area (Å²) in [4.78, 5) is 1.14. The zero-order chi connectivity index (χ0) is 58.2. The lowest BCUT2D eigenvalue weighted by Gasteiger charge is -2.26. The molecule has 0 fully saturated rings. The summed E-state index contributed by atoms with van der Waals surface area (Å²) in [6, 6.07) is 40.7. The molecule has 0 aliphatic rings. The van der Waals surface area contributed by atoms with Crippen LogP contribution in [-0.4, -0.2) is 0 Å². The first kappa shape index (κ1) is 24.9. The fraction of sp³-hybridized carbons (Fsp3) is 0. The third-order valence-electron chi connectivity index (χ3n) is 11.1. The minimum absolute atomic E-state index is 0.0411. The van der Waals surface area contributed by atoms with E-state index < -0.39 is 136 Å². The highest BCUT2D eigenvalue weighted by Gasteiger charge is 2.15. The first-order valence-electron chi connectivity index (χ1n) is 29.4. The Hall–Kier alpha value is -8.52. The molecule has 0 N–H and O–H groups in total. The highest BCUT2D eigenvalue weighted by molar-refractivity contribution is 5.89. The van der Waals surface area contributed by atoms with Gasteiger partial charge in [0.15, 0.2) is 0 Å². The molecule has 0 atom stereocenters. The molecule has 11 aromatic carbocycles. The maximum Gasteiger partial charge on any atom is 0.0645 e. The molecular weight excluding hydrogens is 783 g/mol. The van der Waals surface area contributed by atoms with Crippen molar-refractivity contribution in [3.8, 4) is 77.9 Å². The third-order valence-corrected chi connectivity index (χ3v) is 11.1. The van der Waals surface area contributed by atoms with Gasteiger partial charge in [-0.2, -0.15) is 0 Å². The van der Waals surface area contributed by atoms with E-state index in [1.807, 2.05) is 121 Å².